The van der Waals surface area contributed by atoms with E-state index < -0.39 is 0 Å². The number of aromatic nitrogens is 2. The number of rotatable bonds is 7. The molecule has 1 aromatic carbocycles. The number of aryl methyl sites for hydroxylation is 1. The number of amides is 1. The molecule has 1 aliphatic heterocycles. The molecule has 2 aromatic rings. The predicted octanol–water partition coefficient (Wildman–Crippen LogP) is 2.84. The van der Waals surface area contributed by atoms with Crippen molar-refractivity contribution in [2.24, 2.45) is 5.92 Å². The number of carbonyl (C=O) groups is 1. The fraction of sp³-hybridized carbons (Fsp3) is 0.476. The van der Waals surface area contributed by atoms with Crippen LogP contribution < -0.4 is 15.0 Å². The summed E-state index contributed by atoms with van der Waals surface area (Å²) in [6.45, 7) is 3.72. The summed E-state index contributed by atoms with van der Waals surface area (Å²) in [4.78, 5) is 23.3. The monoisotopic (exact) mass is 368 g/mol. The van der Waals surface area contributed by atoms with Crippen LogP contribution in [0.5, 0.6) is 5.75 Å². The highest BCUT2D eigenvalue weighted by atomic mass is 16.5. The molecule has 0 unspecified atom stereocenters. The molecular weight excluding hydrogens is 340 g/mol. The topological polar surface area (TPSA) is 67.3 Å². The average molecular weight is 368 g/mol. The Morgan fingerprint density at radius 2 is 1.89 bits per heavy atom. The van der Waals surface area contributed by atoms with Gasteiger partial charge >= 0.3 is 0 Å². The first kappa shape index (κ1) is 19.1. The molecule has 144 valence electrons. The summed E-state index contributed by atoms with van der Waals surface area (Å²) in [6.07, 6.45) is 7.06. The fourth-order valence-corrected chi connectivity index (χ4v) is 3.40. The van der Waals surface area contributed by atoms with E-state index in [0.717, 1.165) is 50.5 Å². The lowest BCUT2D eigenvalue weighted by Crippen LogP contribution is -2.43. The molecule has 0 bridgehead atoms. The summed E-state index contributed by atoms with van der Waals surface area (Å²) in [5.41, 5.74) is 1.26. The molecule has 0 radical (unpaired) electrons. The summed E-state index contributed by atoms with van der Waals surface area (Å²) in [5.74, 6) is 1.87. The molecule has 6 heteroatoms. The van der Waals surface area contributed by atoms with Gasteiger partial charge in [0.2, 0.25) is 11.9 Å². The molecule has 0 spiro atoms. The molecule has 1 aromatic heterocycles. The van der Waals surface area contributed by atoms with E-state index in [1.165, 1.54) is 5.56 Å². The summed E-state index contributed by atoms with van der Waals surface area (Å²) in [6, 6.07) is 10.1. The average Bonchev–Trinajstić information content (AvgIpc) is 2.73. The molecule has 1 fully saturated rings. The normalized spacial score (nSPS) is 16.0. The minimum Gasteiger partial charge on any atom is -0.497 e. The molecule has 27 heavy (non-hydrogen) atoms. The third-order valence-corrected chi connectivity index (χ3v) is 5.11. The SMILES string of the molecule is COc1ccc(CC[C@@H](C)NC(=O)C2CCN(c3ncccn3)CC2)cc1. The van der Waals surface area contributed by atoms with Gasteiger partial charge in [-0.3, -0.25) is 4.79 Å². The Morgan fingerprint density at radius 3 is 2.52 bits per heavy atom. The largest absolute Gasteiger partial charge is 0.497 e. The molecule has 1 aliphatic rings. The quantitative estimate of drug-likeness (QED) is 0.814. The minimum atomic E-state index is 0.0772. The van der Waals surface area contributed by atoms with Crippen LogP contribution in [0.4, 0.5) is 5.95 Å². The number of carbonyl (C=O) groups excluding carboxylic acids is 1. The maximum absolute atomic E-state index is 12.6. The second-order valence-electron chi connectivity index (χ2n) is 7.11. The van der Waals surface area contributed by atoms with Crippen LogP contribution in [0.1, 0.15) is 31.7 Å². The number of anilines is 1. The third-order valence-electron chi connectivity index (χ3n) is 5.11. The van der Waals surface area contributed by atoms with Gasteiger partial charge in [-0.1, -0.05) is 12.1 Å². The van der Waals surface area contributed by atoms with E-state index in [1.807, 2.05) is 18.2 Å². The fourth-order valence-electron chi connectivity index (χ4n) is 3.40. The number of nitrogens with zero attached hydrogens (tertiary/aromatic N) is 3. The van der Waals surface area contributed by atoms with Crippen molar-refractivity contribution in [1.82, 2.24) is 15.3 Å². The summed E-state index contributed by atoms with van der Waals surface area (Å²) in [5, 5.41) is 3.18. The van der Waals surface area contributed by atoms with Crippen molar-refractivity contribution in [3.63, 3.8) is 0 Å². The van der Waals surface area contributed by atoms with Gasteiger partial charge in [-0.25, -0.2) is 9.97 Å². The van der Waals surface area contributed by atoms with E-state index in [4.69, 9.17) is 4.74 Å². The number of hydrogen-bond donors (Lipinski definition) is 1. The van der Waals surface area contributed by atoms with Crippen molar-refractivity contribution < 1.29 is 9.53 Å². The highest BCUT2D eigenvalue weighted by Crippen LogP contribution is 2.21. The molecule has 3 rings (SSSR count). The van der Waals surface area contributed by atoms with Gasteiger partial charge in [0, 0.05) is 37.4 Å². The van der Waals surface area contributed by atoms with Crippen LogP contribution in [0.3, 0.4) is 0 Å². The van der Waals surface area contributed by atoms with Gasteiger partial charge in [-0.15, -0.1) is 0 Å². The smallest absolute Gasteiger partial charge is 0.225 e. The Balaban J connectivity index is 1.40. The van der Waals surface area contributed by atoms with Crippen LogP contribution in [-0.4, -0.2) is 42.1 Å². The van der Waals surface area contributed by atoms with Crippen LogP contribution >= 0.6 is 0 Å². The highest BCUT2D eigenvalue weighted by molar-refractivity contribution is 5.79. The molecule has 0 saturated carbocycles. The van der Waals surface area contributed by atoms with E-state index >= 15 is 0 Å². The minimum absolute atomic E-state index is 0.0772. The highest BCUT2D eigenvalue weighted by Gasteiger charge is 2.26. The van der Waals surface area contributed by atoms with Crippen molar-refractivity contribution in [2.45, 2.75) is 38.6 Å². The van der Waals surface area contributed by atoms with E-state index in [9.17, 15) is 4.79 Å². The lowest BCUT2D eigenvalue weighted by molar-refractivity contribution is -0.126. The standard InChI is InChI=1S/C21H28N4O2/c1-16(4-5-17-6-8-19(27-2)9-7-17)24-20(26)18-10-14-25(15-11-18)21-22-12-3-13-23-21/h3,6-9,12-13,16,18H,4-5,10-11,14-15H2,1-2H3,(H,24,26)/t16-/m1/s1. The Hall–Kier alpha value is -2.63. The van der Waals surface area contributed by atoms with E-state index in [2.05, 4.69) is 39.2 Å². The maximum Gasteiger partial charge on any atom is 0.225 e. The summed E-state index contributed by atoms with van der Waals surface area (Å²) in [7, 11) is 1.67. The molecule has 0 aliphatic carbocycles. The maximum atomic E-state index is 12.6. The van der Waals surface area contributed by atoms with Gasteiger partial charge in [0.15, 0.2) is 0 Å². The Labute approximate surface area is 161 Å². The van der Waals surface area contributed by atoms with Crippen LogP contribution in [0.25, 0.3) is 0 Å². The van der Waals surface area contributed by atoms with E-state index in [0.29, 0.717) is 0 Å². The first-order chi connectivity index (χ1) is 13.2. The van der Waals surface area contributed by atoms with Gasteiger partial charge in [-0.05, 0) is 56.4 Å². The Morgan fingerprint density at radius 1 is 1.22 bits per heavy atom. The van der Waals surface area contributed by atoms with Crippen LogP contribution in [-0.2, 0) is 11.2 Å². The van der Waals surface area contributed by atoms with E-state index in [-0.39, 0.29) is 17.9 Å². The summed E-state index contributed by atoms with van der Waals surface area (Å²) < 4.78 is 5.18. The van der Waals surface area contributed by atoms with Gasteiger partial charge in [0.05, 0.1) is 7.11 Å². The van der Waals surface area contributed by atoms with Crippen molar-refractivity contribution in [1.29, 1.82) is 0 Å². The number of benzene rings is 1. The number of hydrogen-bond acceptors (Lipinski definition) is 5. The van der Waals surface area contributed by atoms with Gasteiger partial charge in [-0.2, -0.15) is 0 Å². The lowest BCUT2D eigenvalue weighted by atomic mass is 9.95. The van der Waals surface area contributed by atoms with Gasteiger partial charge < -0.3 is 15.0 Å². The molecule has 1 N–H and O–H groups in total. The third kappa shape index (κ3) is 5.42. The molecule has 6 nitrogen and oxygen atoms in total. The second-order valence-corrected chi connectivity index (χ2v) is 7.11. The van der Waals surface area contributed by atoms with Crippen molar-refractivity contribution in [3.8, 4) is 5.75 Å². The van der Waals surface area contributed by atoms with Crippen LogP contribution in [0.2, 0.25) is 0 Å². The zero-order valence-electron chi connectivity index (χ0n) is 16.1. The van der Waals surface area contributed by atoms with Crippen LogP contribution in [0, 0.1) is 5.92 Å². The van der Waals surface area contributed by atoms with E-state index in [1.54, 1.807) is 19.5 Å². The van der Waals surface area contributed by atoms with Crippen molar-refractivity contribution in [2.75, 3.05) is 25.1 Å². The zero-order chi connectivity index (χ0) is 19.1. The van der Waals surface area contributed by atoms with Gasteiger partial charge in [0.25, 0.3) is 0 Å². The second kappa shape index (κ2) is 9.35. The first-order valence-electron chi connectivity index (χ1n) is 9.61. The number of piperidine rings is 1. The lowest BCUT2D eigenvalue weighted by Gasteiger charge is -2.31. The zero-order valence-corrected chi connectivity index (χ0v) is 16.1. The van der Waals surface area contributed by atoms with Crippen molar-refractivity contribution in [3.05, 3.63) is 48.3 Å². The first-order valence-corrected chi connectivity index (χ1v) is 9.61. The number of ether oxygens (including phenoxy) is 1. The Kier molecular flexibility index (Phi) is 6.63. The number of nitrogens with one attached hydrogen (secondary N) is 1. The number of methoxy groups -OCH3 is 1. The molecule has 1 atom stereocenters. The summed E-state index contributed by atoms with van der Waals surface area (Å²) >= 11 is 0. The van der Waals surface area contributed by atoms with Crippen molar-refractivity contribution >= 4 is 11.9 Å². The Bertz CT molecular complexity index is 713. The molecule has 1 saturated heterocycles. The van der Waals surface area contributed by atoms with Crippen LogP contribution in [0.15, 0.2) is 42.7 Å². The molecular formula is C21H28N4O2. The molecule has 1 amide bonds. The molecule has 2 heterocycles. The van der Waals surface area contributed by atoms with Gasteiger partial charge in [0.1, 0.15) is 5.75 Å². The predicted molar refractivity (Wildman–Crippen MR) is 106 cm³/mol.